The van der Waals surface area contributed by atoms with Gasteiger partial charge >= 0.3 is 5.69 Å². The number of nitrogens with one attached hydrogen (secondary N) is 1. The lowest BCUT2D eigenvalue weighted by molar-refractivity contribution is 0.405. The number of hydrogen-bond acceptors (Lipinski definition) is 4. The van der Waals surface area contributed by atoms with Crippen molar-refractivity contribution in [2.24, 2.45) is 7.05 Å². The van der Waals surface area contributed by atoms with Gasteiger partial charge in [-0.3, -0.25) is 13.9 Å². The molecule has 0 radical (unpaired) electrons. The summed E-state index contributed by atoms with van der Waals surface area (Å²) in [5, 5.41) is 3.22. The van der Waals surface area contributed by atoms with E-state index in [1.165, 1.54) is 13.1 Å². The highest BCUT2D eigenvalue weighted by Gasteiger charge is 2.11. The summed E-state index contributed by atoms with van der Waals surface area (Å²) in [5.74, 6) is 0.553. The summed E-state index contributed by atoms with van der Waals surface area (Å²) >= 11 is 3.51. The summed E-state index contributed by atoms with van der Waals surface area (Å²) in [4.78, 5) is 26.6. The van der Waals surface area contributed by atoms with Crippen LogP contribution in [-0.2, 0) is 13.6 Å². The Morgan fingerprint density at radius 1 is 1.21 bits per heavy atom. The van der Waals surface area contributed by atoms with Crippen LogP contribution in [0.4, 0.5) is 5.82 Å². The third-order valence-corrected chi connectivity index (χ3v) is 4.55. The lowest BCUT2D eigenvalue weighted by Gasteiger charge is -2.17. The zero-order valence-corrected chi connectivity index (χ0v) is 15.8. The average molecular weight is 395 g/mol. The lowest BCUT2D eigenvalue weighted by Crippen LogP contribution is -2.39. The van der Waals surface area contributed by atoms with Gasteiger partial charge in [0, 0.05) is 24.1 Å². The van der Waals surface area contributed by atoms with Crippen molar-refractivity contribution in [2.45, 2.75) is 13.0 Å². The summed E-state index contributed by atoms with van der Waals surface area (Å²) in [5.41, 5.74) is 0.349. The number of nitrogens with zero attached hydrogens (tertiary/aromatic N) is 3. The highest BCUT2D eigenvalue weighted by atomic mass is 79.9. The van der Waals surface area contributed by atoms with Gasteiger partial charge in [-0.2, -0.15) is 0 Å². The molecule has 0 spiro atoms. The average Bonchev–Trinajstić information content (AvgIpc) is 2.54. The summed E-state index contributed by atoms with van der Waals surface area (Å²) < 4.78 is 3.66. The molecular formula is C17H23BrN4O2. The summed E-state index contributed by atoms with van der Waals surface area (Å²) in [6.07, 6.45) is 0.922. The van der Waals surface area contributed by atoms with Crippen molar-refractivity contribution in [3.8, 4) is 0 Å². The van der Waals surface area contributed by atoms with E-state index in [0.717, 1.165) is 27.6 Å². The molecule has 0 saturated heterocycles. The minimum Gasteiger partial charge on any atom is -0.371 e. The molecule has 1 aromatic carbocycles. The largest absolute Gasteiger partial charge is 0.371 e. The first-order chi connectivity index (χ1) is 11.4. The number of benzene rings is 1. The Labute approximate surface area is 149 Å². The number of halogens is 1. The van der Waals surface area contributed by atoms with Gasteiger partial charge in [-0.25, -0.2) is 4.79 Å². The van der Waals surface area contributed by atoms with Gasteiger partial charge in [0.1, 0.15) is 5.82 Å². The van der Waals surface area contributed by atoms with E-state index in [-0.39, 0.29) is 11.2 Å². The van der Waals surface area contributed by atoms with Crippen molar-refractivity contribution < 1.29 is 0 Å². The van der Waals surface area contributed by atoms with Crippen LogP contribution in [-0.4, -0.2) is 41.2 Å². The predicted octanol–water partition coefficient (Wildman–Crippen LogP) is 1.72. The molecule has 24 heavy (non-hydrogen) atoms. The molecule has 1 N–H and O–H groups in total. The third kappa shape index (κ3) is 4.58. The first kappa shape index (κ1) is 18.5. The van der Waals surface area contributed by atoms with Crippen LogP contribution in [0.1, 0.15) is 12.0 Å². The quantitative estimate of drug-likeness (QED) is 0.726. The molecular weight excluding hydrogens is 372 g/mol. The Hall–Kier alpha value is -1.86. The minimum absolute atomic E-state index is 0.307. The lowest BCUT2D eigenvalue weighted by atomic mass is 10.2. The topological polar surface area (TPSA) is 59.3 Å². The number of anilines is 1. The van der Waals surface area contributed by atoms with Crippen molar-refractivity contribution in [2.75, 3.05) is 32.5 Å². The van der Waals surface area contributed by atoms with Crippen LogP contribution in [0, 0.1) is 0 Å². The fourth-order valence-electron chi connectivity index (χ4n) is 2.38. The molecule has 1 aromatic heterocycles. The Kier molecular flexibility index (Phi) is 6.39. The Morgan fingerprint density at radius 2 is 1.92 bits per heavy atom. The van der Waals surface area contributed by atoms with Gasteiger partial charge < -0.3 is 10.2 Å². The van der Waals surface area contributed by atoms with E-state index < -0.39 is 0 Å². The van der Waals surface area contributed by atoms with Crippen molar-refractivity contribution in [3.05, 3.63) is 61.2 Å². The van der Waals surface area contributed by atoms with Gasteiger partial charge in [0.25, 0.3) is 5.56 Å². The molecule has 0 unspecified atom stereocenters. The molecule has 2 aromatic rings. The van der Waals surface area contributed by atoms with Gasteiger partial charge in [0.05, 0.1) is 6.54 Å². The standard InChI is InChI=1S/C17H23BrN4O2/c1-20(2)10-6-9-19-15-11-16(23)21(3)17(24)22(15)12-13-7-4-5-8-14(13)18/h4-5,7-8,11,19H,6,9-10,12H2,1-3H3. The Morgan fingerprint density at radius 3 is 2.58 bits per heavy atom. The van der Waals surface area contributed by atoms with E-state index in [9.17, 15) is 9.59 Å². The molecule has 1 heterocycles. The van der Waals surface area contributed by atoms with E-state index in [0.29, 0.717) is 18.9 Å². The summed E-state index contributed by atoms with van der Waals surface area (Å²) in [7, 11) is 5.53. The molecule has 0 saturated carbocycles. The van der Waals surface area contributed by atoms with E-state index in [2.05, 4.69) is 26.1 Å². The minimum atomic E-state index is -0.326. The van der Waals surface area contributed by atoms with Gasteiger partial charge in [0.15, 0.2) is 0 Å². The second-order valence-electron chi connectivity index (χ2n) is 5.97. The molecule has 0 amide bonds. The normalized spacial score (nSPS) is 11.0. The van der Waals surface area contributed by atoms with Crippen LogP contribution >= 0.6 is 15.9 Å². The van der Waals surface area contributed by atoms with E-state index in [1.54, 1.807) is 4.57 Å². The van der Waals surface area contributed by atoms with Crippen molar-refractivity contribution in [1.29, 1.82) is 0 Å². The molecule has 0 aliphatic rings. The molecule has 0 atom stereocenters. The zero-order chi connectivity index (χ0) is 17.7. The van der Waals surface area contributed by atoms with E-state index in [1.807, 2.05) is 38.4 Å². The first-order valence-corrected chi connectivity index (χ1v) is 8.62. The van der Waals surface area contributed by atoms with Crippen LogP contribution in [0.15, 0.2) is 44.4 Å². The second-order valence-corrected chi connectivity index (χ2v) is 6.82. The highest BCUT2D eigenvalue weighted by molar-refractivity contribution is 9.10. The SMILES string of the molecule is CN(C)CCCNc1cc(=O)n(C)c(=O)n1Cc1ccccc1Br. The smallest absolute Gasteiger partial charge is 0.332 e. The van der Waals surface area contributed by atoms with Gasteiger partial charge in [-0.1, -0.05) is 34.1 Å². The van der Waals surface area contributed by atoms with Crippen molar-refractivity contribution >= 4 is 21.7 Å². The van der Waals surface area contributed by atoms with Crippen LogP contribution in [0.3, 0.4) is 0 Å². The van der Waals surface area contributed by atoms with Crippen LogP contribution < -0.4 is 16.6 Å². The summed E-state index contributed by atoms with van der Waals surface area (Å²) in [6, 6.07) is 9.23. The molecule has 7 heteroatoms. The molecule has 0 aliphatic carbocycles. The molecule has 2 rings (SSSR count). The fraction of sp³-hybridized carbons (Fsp3) is 0.412. The van der Waals surface area contributed by atoms with E-state index in [4.69, 9.17) is 0 Å². The maximum Gasteiger partial charge on any atom is 0.332 e. The first-order valence-electron chi connectivity index (χ1n) is 7.83. The van der Waals surface area contributed by atoms with Gasteiger partial charge in [0.2, 0.25) is 0 Å². The Bertz CT molecular complexity index is 811. The second kappa shape index (κ2) is 8.30. The van der Waals surface area contributed by atoms with Crippen LogP contribution in [0.5, 0.6) is 0 Å². The highest BCUT2D eigenvalue weighted by Crippen LogP contribution is 2.17. The number of hydrogen-bond donors (Lipinski definition) is 1. The van der Waals surface area contributed by atoms with Gasteiger partial charge in [-0.15, -0.1) is 0 Å². The van der Waals surface area contributed by atoms with Crippen molar-refractivity contribution in [3.63, 3.8) is 0 Å². The maximum absolute atomic E-state index is 12.5. The van der Waals surface area contributed by atoms with Gasteiger partial charge in [-0.05, 0) is 38.7 Å². The number of aromatic nitrogens is 2. The molecule has 0 bridgehead atoms. The predicted molar refractivity (Wildman–Crippen MR) is 101 cm³/mol. The van der Waals surface area contributed by atoms with Crippen molar-refractivity contribution in [1.82, 2.24) is 14.0 Å². The summed E-state index contributed by atoms with van der Waals surface area (Å²) in [6.45, 7) is 2.03. The molecule has 0 aliphatic heterocycles. The van der Waals surface area contributed by atoms with Crippen LogP contribution in [0.2, 0.25) is 0 Å². The van der Waals surface area contributed by atoms with E-state index >= 15 is 0 Å². The number of rotatable bonds is 7. The monoisotopic (exact) mass is 394 g/mol. The maximum atomic E-state index is 12.5. The van der Waals surface area contributed by atoms with Crippen LogP contribution in [0.25, 0.3) is 0 Å². The fourth-order valence-corrected chi connectivity index (χ4v) is 2.79. The molecule has 130 valence electrons. The zero-order valence-electron chi connectivity index (χ0n) is 14.3. The molecule has 6 nitrogen and oxygen atoms in total. The third-order valence-electron chi connectivity index (χ3n) is 3.77. The Balaban J connectivity index is 2.30. The molecule has 0 fully saturated rings.